The van der Waals surface area contributed by atoms with Gasteiger partial charge in [-0.05, 0) is 41.3 Å². The zero-order valence-corrected chi connectivity index (χ0v) is 15.5. The molecule has 2 heterocycles. The first kappa shape index (κ1) is 17.4. The molecule has 6 heteroatoms. The van der Waals surface area contributed by atoms with E-state index in [1.54, 1.807) is 4.68 Å². The first-order chi connectivity index (χ1) is 13.2. The summed E-state index contributed by atoms with van der Waals surface area (Å²) in [4.78, 5) is 14.9. The Balaban J connectivity index is 1.66. The molecule has 1 saturated heterocycles. The number of hydrogen-bond acceptors (Lipinski definition) is 4. The summed E-state index contributed by atoms with van der Waals surface area (Å²) in [5.74, 6) is 0.707. The minimum atomic E-state index is -0.188. The van der Waals surface area contributed by atoms with Crippen LogP contribution in [0.15, 0.2) is 60.7 Å². The average Bonchev–Trinajstić information content (AvgIpc) is 3.13. The van der Waals surface area contributed by atoms with Gasteiger partial charge in [0.05, 0.1) is 0 Å². The number of hydrogen-bond donors (Lipinski definition) is 0. The lowest BCUT2D eigenvalue weighted by atomic mass is 9.69. The highest BCUT2D eigenvalue weighted by atomic mass is 16.2. The van der Waals surface area contributed by atoms with Crippen molar-refractivity contribution in [3.8, 4) is 0 Å². The molecular weight excluding hydrogens is 338 g/mol. The topological polar surface area (TPSA) is 63.9 Å². The van der Waals surface area contributed by atoms with Crippen LogP contribution in [0.25, 0.3) is 0 Å². The van der Waals surface area contributed by atoms with E-state index in [4.69, 9.17) is 0 Å². The van der Waals surface area contributed by atoms with Crippen molar-refractivity contribution < 1.29 is 4.79 Å². The molecule has 2 aromatic carbocycles. The smallest absolute Gasteiger partial charge is 0.244 e. The van der Waals surface area contributed by atoms with Gasteiger partial charge >= 0.3 is 0 Å². The lowest BCUT2D eigenvalue weighted by molar-refractivity contribution is -0.134. The standard InChI is InChI=1S/C21H23N5O/c1-17-22-23-24-26(17)15-20(27)25-14-8-13-21(16-25,18-9-4-2-5-10-18)19-11-6-3-7-12-19/h2-7,9-12H,8,13-16H2,1H3. The Hall–Kier alpha value is -3.02. The van der Waals surface area contributed by atoms with E-state index in [0.29, 0.717) is 12.4 Å². The Morgan fingerprint density at radius 1 is 1.04 bits per heavy atom. The molecule has 0 N–H and O–H groups in total. The van der Waals surface area contributed by atoms with Crippen molar-refractivity contribution in [1.82, 2.24) is 25.1 Å². The number of piperidine rings is 1. The van der Waals surface area contributed by atoms with E-state index in [1.807, 2.05) is 24.0 Å². The largest absolute Gasteiger partial charge is 0.340 e. The summed E-state index contributed by atoms with van der Waals surface area (Å²) in [7, 11) is 0. The Morgan fingerprint density at radius 2 is 1.67 bits per heavy atom. The summed E-state index contributed by atoms with van der Waals surface area (Å²) in [6, 6.07) is 21.1. The van der Waals surface area contributed by atoms with Crippen LogP contribution in [0.1, 0.15) is 29.8 Å². The summed E-state index contributed by atoms with van der Waals surface area (Å²) >= 11 is 0. The van der Waals surface area contributed by atoms with Crippen molar-refractivity contribution in [2.45, 2.75) is 31.7 Å². The van der Waals surface area contributed by atoms with Gasteiger partial charge in [-0.15, -0.1) is 5.10 Å². The number of carbonyl (C=O) groups is 1. The van der Waals surface area contributed by atoms with Gasteiger partial charge in [0.25, 0.3) is 0 Å². The fraction of sp³-hybridized carbons (Fsp3) is 0.333. The van der Waals surface area contributed by atoms with Crippen LogP contribution in [0.3, 0.4) is 0 Å². The molecule has 1 fully saturated rings. The first-order valence-electron chi connectivity index (χ1n) is 9.31. The number of rotatable bonds is 4. The summed E-state index contributed by atoms with van der Waals surface area (Å²) in [6.45, 7) is 3.42. The number of amides is 1. The summed E-state index contributed by atoms with van der Waals surface area (Å²) in [5.41, 5.74) is 2.33. The molecule has 1 aliphatic heterocycles. The molecule has 4 rings (SSSR count). The molecule has 3 aromatic rings. The van der Waals surface area contributed by atoms with Gasteiger partial charge in [-0.1, -0.05) is 60.7 Å². The Kier molecular flexibility index (Phi) is 4.71. The average molecular weight is 361 g/mol. The van der Waals surface area contributed by atoms with Crippen LogP contribution < -0.4 is 0 Å². The van der Waals surface area contributed by atoms with Crippen molar-refractivity contribution in [2.75, 3.05) is 13.1 Å². The molecule has 138 valence electrons. The second-order valence-corrected chi connectivity index (χ2v) is 7.12. The Bertz CT molecular complexity index is 867. The monoisotopic (exact) mass is 361 g/mol. The lowest BCUT2D eigenvalue weighted by Gasteiger charge is -2.44. The highest BCUT2D eigenvalue weighted by molar-refractivity contribution is 5.76. The van der Waals surface area contributed by atoms with E-state index in [0.717, 1.165) is 19.4 Å². The van der Waals surface area contributed by atoms with Gasteiger partial charge in [0, 0.05) is 18.5 Å². The molecule has 1 aromatic heterocycles. The second-order valence-electron chi connectivity index (χ2n) is 7.12. The van der Waals surface area contributed by atoms with E-state index in [9.17, 15) is 4.79 Å². The first-order valence-corrected chi connectivity index (χ1v) is 9.31. The van der Waals surface area contributed by atoms with Gasteiger partial charge in [-0.3, -0.25) is 4.79 Å². The molecule has 6 nitrogen and oxygen atoms in total. The second kappa shape index (κ2) is 7.31. The van der Waals surface area contributed by atoms with Crippen LogP contribution in [-0.2, 0) is 16.8 Å². The molecular formula is C21H23N5O. The van der Waals surface area contributed by atoms with Crippen molar-refractivity contribution in [2.24, 2.45) is 0 Å². The van der Waals surface area contributed by atoms with Crippen molar-refractivity contribution in [3.63, 3.8) is 0 Å². The van der Waals surface area contributed by atoms with Crippen molar-refractivity contribution in [3.05, 3.63) is 77.6 Å². The van der Waals surface area contributed by atoms with E-state index in [1.165, 1.54) is 11.1 Å². The van der Waals surface area contributed by atoms with Crippen LogP contribution >= 0.6 is 0 Å². The third-order valence-electron chi connectivity index (χ3n) is 5.49. The molecule has 1 aliphatic rings. The molecule has 0 aliphatic carbocycles. The summed E-state index contributed by atoms with van der Waals surface area (Å²) in [6.07, 6.45) is 1.98. The maximum atomic E-state index is 13.0. The lowest BCUT2D eigenvalue weighted by Crippen LogP contribution is -2.50. The maximum Gasteiger partial charge on any atom is 0.244 e. The minimum absolute atomic E-state index is 0.0568. The van der Waals surface area contributed by atoms with E-state index in [2.05, 4.69) is 64.1 Å². The van der Waals surface area contributed by atoms with Gasteiger partial charge in [0.2, 0.25) is 5.91 Å². The van der Waals surface area contributed by atoms with Gasteiger partial charge in [0.1, 0.15) is 12.4 Å². The number of carbonyl (C=O) groups excluding carboxylic acids is 1. The molecule has 0 spiro atoms. The molecule has 0 radical (unpaired) electrons. The third-order valence-corrected chi connectivity index (χ3v) is 5.49. The maximum absolute atomic E-state index is 13.0. The van der Waals surface area contributed by atoms with E-state index >= 15 is 0 Å². The number of aromatic nitrogens is 4. The van der Waals surface area contributed by atoms with Crippen LogP contribution in [0, 0.1) is 6.92 Å². The molecule has 0 unspecified atom stereocenters. The Morgan fingerprint density at radius 3 is 2.22 bits per heavy atom. The number of aryl methyl sites for hydroxylation is 1. The molecule has 0 atom stereocenters. The summed E-state index contributed by atoms with van der Waals surface area (Å²) < 4.78 is 1.56. The number of nitrogens with zero attached hydrogens (tertiary/aromatic N) is 5. The van der Waals surface area contributed by atoms with Crippen molar-refractivity contribution >= 4 is 5.91 Å². The Labute approximate surface area is 158 Å². The molecule has 27 heavy (non-hydrogen) atoms. The van der Waals surface area contributed by atoms with Gasteiger partial charge < -0.3 is 4.90 Å². The van der Waals surface area contributed by atoms with Gasteiger partial charge in [-0.25, -0.2) is 4.68 Å². The minimum Gasteiger partial charge on any atom is -0.340 e. The van der Waals surface area contributed by atoms with Crippen LogP contribution in [0.2, 0.25) is 0 Å². The molecule has 0 bridgehead atoms. The van der Waals surface area contributed by atoms with Crippen LogP contribution in [-0.4, -0.2) is 44.1 Å². The summed E-state index contributed by atoms with van der Waals surface area (Å²) in [5, 5.41) is 11.4. The van der Waals surface area contributed by atoms with Crippen molar-refractivity contribution in [1.29, 1.82) is 0 Å². The van der Waals surface area contributed by atoms with Crippen LogP contribution in [0.4, 0.5) is 0 Å². The van der Waals surface area contributed by atoms with Gasteiger partial charge in [0.15, 0.2) is 0 Å². The van der Waals surface area contributed by atoms with Gasteiger partial charge in [-0.2, -0.15) is 0 Å². The third kappa shape index (κ3) is 3.35. The number of benzene rings is 2. The normalized spacial score (nSPS) is 16.3. The highest BCUT2D eigenvalue weighted by Gasteiger charge is 2.40. The number of tetrazole rings is 1. The van der Waals surface area contributed by atoms with E-state index in [-0.39, 0.29) is 17.9 Å². The number of likely N-dealkylation sites (tertiary alicyclic amines) is 1. The predicted octanol–water partition coefficient (Wildman–Crippen LogP) is 2.59. The molecule has 1 amide bonds. The SMILES string of the molecule is Cc1nnnn1CC(=O)N1CCCC(c2ccccc2)(c2ccccc2)C1. The fourth-order valence-electron chi connectivity index (χ4n) is 4.04. The predicted molar refractivity (Wildman–Crippen MR) is 102 cm³/mol. The quantitative estimate of drug-likeness (QED) is 0.716. The zero-order chi connectivity index (χ0) is 18.7. The van der Waals surface area contributed by atoms with E-state index < -0.39 is 0 Å². The molecule has 0 saturated carbocycles. The fourth-order valence-corrected chi connectivity index (χ4v) is 4.04. The zero-order valence-electron chi connectivity index (χ0n) is 15.5. The van der Waals surface area contributed by atoms with Crippen LogP contribution in [0.5, 0.6) is 0 Å². The highest BCUT2D eigenvalue weighted by Crippen LogP contribution is 2.40.